The molecule has 0 radical (unpaired) electrons. The molecular formula is C16H14BrN3O3S. The minimum absolute atomic E-state index is 0.128. The molecule has 0 aliphatic carbocycles. The zero-order valence-electron chi connectivity index (χ0n) is 12.9. The molecule has 0 atom stereocenters. The highest BCUT2D eigenvalue weighted by atomic mass is 79.9. The number of rotatable bonds is 4. The van der Waals surface area contributed by atoms with Crippen LogP contribution in [-0.2, 0) is 10.0 Å². The largest absolute Gasteiger partial charge is 0.339 e. The fourth-order valence-corrected chi connectivity index (χ4v) is 3.48. The second kappa shape index (κ2) is 6.37. The number of nitrogens with one attached hydrogen (secondary N) is 1. The van der Waals surface area contributed by atoms with Crippen molar-refractivity contribution in [2.45, 2.75) is 18.7 Å². The maximum absolute atomic E-state index is 12.6. The molecule has 0 aliphatic rings. The van der Waals surface area contributed by atoms with Crippen molar-refractivity contribution < 1.29 is 12.9 Å². The number of aromatic nitrogens is 2. The van der Waals surface area contributed by atoms with Gasteiger partial charge in [0.05, 0.1) is 4.90 Å². The monoisotopic (exact) mass is 407 g/mol. The van der Waals surface area contributed by atoms with Crippen LogP contribution in [0.4, 0.5) is 5.69 Å². The third-order valence-electron chi connectivity index (χ3n) is 3.34. The standard InChI is InChI=1S/C16H14BrN3O3S/c1-10-8-13(6-7-15(10)17)20-24(21,22)14-5-3-4-12(9-14)16-18-11(2)23-19-16/h3-9,20H,1-2H3. The van der Waals surface area contributed by atoms with E-state index in [0.29, 0.717) is 23.0 Å². The number of anilines is 1. The van der Waals surface area contributed by atoms with Crippen molar-refractivity contribution in [3.63, 3.8) is 0 Å². The maximum Gasteiger partial charge on any atom is 0.261 e. The first-order valence-corrected chi connectivity index (χ1v) is 9.32. The molecule has 1 N–H and O–H groups in total. The Kier molecular flexibility index (Phi) is 4.42. The molecule has 3 rings (SSSR count). The van der Waals surface area contributed by atoms with E-state index in [9.17, 15) is 8.42 Å². The van der Waals surface area contributed by atoms with Crippen LogP contribution in [0, 0.1) is 13.8 Å². The van der Waals surface area contributed by atoms with Gasteiger partial charge in [-0.05, 0) is 42.8 Å². The zero-order chi connectivity index (χ0) is 17.3. The van der Waals surface area contributed by atoms with Gasteiger partial charge in [-0.3, -0.25) is 4.72 Å². The molecule has 0 bridgehead atoms. The SMILES string of the molecule is Cc1nc(-c2cccc(S(=O)(=O)Nc3ccc(Br)c(C)c3)c2)no1. The van der Waals surface area contributed by atoms with Crippen molar-refractivity contribution in [2.24, 2.45) is 0 Å². The van der Waals surface area contributed by atoms with E-state index in [4.69, 9.17) is 4.52 Å². The van der Waals surface area contributed by atoms with Crippen LogP contribution in [0.5, 0.6) is 0 Å². The average Bonchev–Trinajstić information content (AvgIpc) is 2.97. The Labute approximate surface area is 148 Å². The minimum Gasteiger partial charge on any atom is -0.339 e. The van der Waals surface area contributed by atoms with Gasteiger partial charge in [-0.25, -0.2) is 8.42 Å². The molecule has 8 heteroatoms. The zero-order valence-corrected chi connectivity index (χ0v) is 15.3. The van der Waals surface area contributed by atoms with Crippen molar-refractivity contribution in [3.05, 3.63) is 58.4 Å². The molecule has 124 valence electrons. The van der Waals surface area contributed by atoms with Crippen LogP contribution in [0.1, 0.15) is 11.5 Å². The fourth-order valence-electron chi connectivity index (χ4n) is 2.14. The molecule has 0 saturated heterocycles. The quantitative estimate of drug-likeness (QED) is 0.708. The Morgan fingerprint density at radius 1 is 1.12 bits per heavy atom. The number of nitrogens with zero attached hydrogens (tertiary/aromatic N) is 2. The van der Waals surface area contributed by atoms with Gasteiger partial charge in [0.15, 0.2) is 0 Å². The summed E-state index contributed by atoms with van der Waals surface area (Å²) in [5.41, 5.74) is 2.00. The summed E-state index contributed by atoms with van der Waals surface area (Å²) in [7, 11) is -3.72. The highest BCUT2D eigenvalue weighted by molar-refractivity contribution is 9.10. The molecule has 0 aliphatic heterocycles. The molecule has 24 heavy (non-hydrogen) atoms. The van der Waals surface area contributed by atoms with Crippen LogP contribution in [0.3, 0.4) is 0 Å². The Morgan fingerprint density at radius 3 is 2.58 bits per heavy atom. The molecule has 0 spiro atoms. The molecule has 3 aromatic rings. The fraction of sp³-hybridized carbons (Fsp3) is 0.125. The summed E-state index contributed by atoms with van der Waals surface area (Å²) in [6.45, 7) is 3.57. The van der Waals surface area contributed by atoms with Gasteiger partial charge in [0.2, 0.25) is 11.7 Å². The first-order chi connectivity index (χ1) is 11.3. The van der Waals surface area contributed by atoms with E-state index >= 15 is 0 Å². The van der Waals surface area contributed by atoms with E-state index in [-0.39, 0.29) is 4.90 Å². The lowest BCUT2D eigenvalue weighted by atomic mass is 10.2. The lowest BCUT2D eigenvalue weighted by Gasteiger charge is -2.10. The molecule has 0 fully saturated rings. The molecule has 2 aromatic carbocycles. The highest BCUT2D eigenvalue weighted by Crippen LogP contribution is 2.24. The van der Waals surface area contributed by atoms with Gasteiger partial charge in [-0.15, -0.1) is 0 Å². The summed E-state index contributed by atoms with van der Waals surface area (Å²) in [6, 6.07) is 11.7. The number of hydrogen-bond acceptors (Lipinski definition) is 5. The summed E-state index contributed by atoms with van der Waals surface area (Å²) in [4.78, 5) is 4.24. The lowest BCUT2D eigenvalue weighted by molar-refractivity contribution is 0.394. The number of hydrogen-bond donors (Lipinski definition) is 1. The second-order valence-electron chi connectivity index (χ2n) is 5.23. The van der Waals surface area contributed by atoms with Crippen molar-refractivity contribution in [3.8, 4) is 11.4 Å². The van der Waals surface area contributed by atoms with Gasteiger partial charge >= 0.3 is 0 Å². The summed E-state index contributed by atoms with van der Waals surface area (Å²) < 4.78 is 33.6. The summed E-state index contributed by atoms with van der Waals surface area (Å²) in [5, 5.41) is 3.81. The van der Waals surface area contributed by atoms with E-state index in [2.05, 4.69) is 30.8 Å². The Morgan fingerprint density at radius 2 is 1.92 bits per heavy atom. The molecule has 1 heterocycles. The van der Waals surface area contributed by atoms with Crippen LogP contribution < -0.4 is 4.72 Å². The predicted molar refractivity (Wildman–Crippen MR) is 94.2 cm³/mol. The summed E-state index contributed by atoms with van der Waals surface area (Å²) in [6.07, 6.45) is 0. The number of halogens is 1. The number of sulfonamides is 1. The molecule has 0 amide bonds. The third-order valence-corrected chi connectivity index (χ3v) is 5.61. The smallest absolute Gasteiger partial charge is 0.261 e. The van der Waals surface area contributed by atoms with Crippen LogP contribution in [0.2, 0.25) is 0 Å². The number of benzene rings is 2. The Bertz CT molecular complexity index is 999. The number of aryl methyl sites for hydroxylation is 2. The van der Waals surface area contributed by atoms with Crippen LogP contribution in [0.25, 0.3) is 11.4 Å². The van der Waals surface area contributed by atoms with Gasteiger partial charge < -0.3 is 4.52 Å². The van der Waals surface area contributed by atoms with E-state index in [1.165, 1.54) is 12.1 Å². The average molecular weight is 408 g/mol. The third kappa shape index (κ3) is 3.49. The second-order valence-corrected chi connectivity index (χ2v) is 7.77. The maximum atomic E-state index is 12.6. The summed E-state index contributed by atoms with van der Waals surface area (Å²) >= 11 is 3.39. The van der Waals surface area contributed by atoms with Gasteiger partial charge in [-0.1, -0.05) is 33.2 Å². The van der Waals surface area contributed by atoms with Crippen molar-refractivity contribution >= 4 is 31.6 Å². The lowest BCUT2D eigenvalue weighted by Crippen LogP contribution is -2.13. The topological polar surface area (TPSA) is 85.1 Å². The van der Waals surface area contributed by atoms with E-state index in [1.807, 2.05) is 6.92 Å². The molecule has 0 unspecified atom stereocenters. The minimum atomic E-state index is -3.72. The van der Waals surface area contributed by atoms with E-state index < -0.39 is 10.0 Å². The Balaban J connectivity index is 1.93. The first kappa shape index (κ1) is 16.7. The van der Waals surface area contributed by atoms with Crippen LogP contribution in [-0.4, -0.2) is 18.6 Å². The first-order valence-electron chi connectivity index (χ1n) is 7.05. The van der Waals surface area contributed by atoms with Crippen molar-refractivity contribution in [1.82, 2.24) is 10.1 Å². The van der Waals surface area contributed by atoms with E-state index in [0.717, 1.165) is 10.0 Å². The van der Waals surface area contributed by atoms with Crippen molar-refractivity contribution in [2.75, 3.05) is 4.72 Å². The normalized spacial score (nSPS) is 11.5. The molecule has 1 aromatic heterocycles. The van der Waals surface area contributed by atoms with Crippen LogP contribution in [0.15, 0.2) is 56.4 Å². The molecular weight excluding hydrogens is 394 g/mol. The molecule has 6 nitrogen and oxygen atoms in total. The van der Waals surface area contributed by atoms with Crippen LogP contribution >= 0.6 is 15.9 Å². The Hall–Kier alpha value is -2.19. The predicted octanol–water partition coefficient (Wildman–Crippen LogP) is 3.92. The summed E-state index contributed by atoms with van der Waals surface area (Å²) in [5.74, 6) is 0.769. The van der Waals surface area contributed by atoms with Gasteiger partial charge in [0.1, 0.15) is 0 Å². The van der Waals surface area contributed by atoms with E-state index in [1.54, 1.807) is 37.3 Å². The van der Waals surface area contributed by atoms with Gasteiger partial charge in [0, 0.05) is 22.6 Å². The van der Waals surface area contributed by atoms with Gasteiger partial charge in [-0.2, -0.15) is 4.98 Å². The molecule has 0 saturated carbocycles. The van der Waals surface area contributed by atoms with Gasteiger partial charge in [0.25, 0.3) is 10.0 Å². The van der Waals surface area contributed by atoms with Crippen molar-refractivity contribution in [1.29, 1.82) is 0 Å². The highest BCUT2D eigenvalue weighted by Gasteiger charge is 2.16.